The molecule has 0 aromatic carbocycles. The zero-order valence-electron chi connectivity index (χ0n) is 12.2. The van der Waals surface area contributed by atoms with Crippen LogP contribution in [0.25, 0.3) is 0 Å². The predicted octanol–water partition coefficient (Wildman–Crippen LogP) is 3.94. The van der Waals surface area contributed by atoms with Crippen molar-refractivity contribution >= 4 is 51.4 Å². The van der Waals surface area contributed by atoms with Gasteiger partial charge in [-0.1, -0.05) is 0 Å². The highest BCUT2D eigenvalue weighted by atomic mass is 35.5. The van der Waals surface area contributed by atoms with Crippen molar-refractivity contribution < 1.29 is 14.3 Å². The number of thiophene rings is 1. The fourth-order valence-corrected chi connectivity index (χ4v) is 4.55. The number of anilines is 1. The van der Waals surface area contributed by atoms with Gasteiger partial charge in [0.25, 0.3) is 0 Å². The molecule has 1 fully saturated rings. The van der Waals surface area contributed by atoms with Crippen LogP contribution in [0.2, 0.25) is 0 Å². The average Bonchev–Trinajstić information content (AvgIpc) is 2.89. The molecule has 0 radical (unpaired) electrons. The zero-order valence-corrected chi connectivity index (χ0v) is 14.5. The largest absolute Gasteiger partial charge is 0.462 e. The molecule has 7 heteroatoms. The number of alkyl halides is 2. The maximum absolute atomic E-state index is 12.5. The first-order valence-electron chi connectivity index (χ1n) is 7.35. The van der Waals surface area contributed by atoms with Crippen LogP contribution in [0.3, 0.4) is 0 Å². The number of fused-ring (bicyclic) bond motifs is 1. The smallest absolute Gasteiger partial charge is 0.341 e. The molecule has 0 unspecified atom stereocenters. The van der Waals surface area contributed by atoms with Crippen molar-refractivity contribution in [2.24, 2.45) is 5.92 Å². The molecule has 0 spiro atoms. The summed E-state index contributed by atoms with van der Waals surface area (Å²) in [5.74, 6) is -0.576. The summed E-state index contributed by atoms with van der Waals surface area (Å²) in [6.07, 6.45) is 4.62. The maximum Gasteiger partial charge on any atom is 0.341 e. The van der Waals surface area contributed by atoms with Crippen LogP contribution in [0.5, 0.6) is 0 Å². The van der Waals surface area contributed by atoms with Gasteiger partial charge in [-0.15, -0.1) is 34.5 Å². The van der Waals surface area contributed by atoms with Gasteiger partial charge in [-0.25, -0.2) is 4.79 Å². The Morgan fingerprint density at radius 1 is 1.36 bits per heavy atom. The molecule has 1 amide bonds. The molecule has 1 atom stereocenters. The number of carbonyl (C=O) groups is 2. The summed E-state index contributed by atoms with van der Waals surface area (Å²) in [5, 5.41) is 3.36. The van der Waals surface area contributed by atoms with E-state index in [1.165, 1.54) is 23.1 Å². The number of hydrogen-bond acceptors (Lipinski definition) is 4. The van der Waals surface area contributed by atoms with Crippen LogP contribution in [0.1, 0.15) is 47.0 Å². The van der Waals surface area contributed by atoms with Gasteiger partial charge < -0.3 is 10.1 Å². The van der Waals surface area contributed by atoms with Crippen LogP contribution in [0.4, 0.5) is 5.00 Å². The van der Waals surface area contributed by atoms with Gasteiger partial charge in [0.15, 0.2) is 0 Å². The predicted molar refractivity (Wildman–Crippen MR) is 88.1 cm³/mol. The Morgan fingerprint density at radius 2 is 2.05 bits per heavy atom. The molecule has 1 saturated carbocycles. The molecule has 2 aliphatic rings. The van der Waals surface area contributed by atoms with Gasteiger partial charge >= 0.3 is 5.97 Å². The van der Waals surface area contributed by atoms with Crippen LogP contribution >= 0.6 is 34.5 Å². The molecule has 0 saturated heterocycles. The van der Waals surface area contributed by atoms with Gasteiger partial charge in [-0.05, 0) is 37.7 Å². The lowest BCUT2D eigenvalue weighted by Crippen LogP contribution is -2.15. The maximum atomic E-state index is 12.5. The van der Waals surface area contributed by atoms with Crippen LogP contribution in [0, 0.1) is 5.92 Å². The third-order valence-corrected chi connectivity index (χ3v) is 6.17. The lowest BCUT2D eigenvalue weighted by molar-refractivity contribution is -0.114. The fourth-order valence-electron chi connectivity index (χ4n) is 2.73. The van der Waals surface area contributed by atoms with Crippen LogP contribution in [-0.2, 0) is 22.4 Å². The molecule has 1 aromatic heterocycles. The minimum atomic E-state index is -0.755. The van der Waals surface area contributed by atoms with Crippen molar-refractivity contribution in [3.8, 4) is 0 Å². The third kappa shape index (κ3) is 3.26. The van der Waals surface area contributed by atoms with Crippen LogP contribution in [-0.4, -0.2) is 22.8 Å². The van der Waals surface area contributed by atoms with Gasteiger partial charge in [-0.2, -0.15) is 0 Å². The first kappa shape index (κ1) is 16.1. The lowest BCUT2D eigenvalue weighted by atomic mass is 9.95. The second kappa shape index (κ2) is 6.02. The van der Waals surface area contributed by atoms with Crippen molar-refractivity contribution in [2.75, 3.05) is 11.9 Å². The molecule has 3 rings (SSSR count). The standard InChI is InChI=1S/C15H17Cl2NO3S/c1-8(19)18-13-12(10-4-2-3-5-11(10)22-13)14(20)21-7-9-6-15(9,16)17/h9H,2-7H2,1H3,(H,18,19)/t9-/m1/s1. The number of esters is 1. The number of aryl methyl sites for hydroxylation is 1. The van der Waals surface area contributed by atoms with E-state index in [1.54, 1.807) is 0 Å². The van der Waals surface area contributed by atoms with Crippen molar-refractivity contribution in [3.63, 3.8) is 0 Å². The topological polar surface area (TPSA) is 55.4 Å². The highest BCUT2D eigenvalue weighted by Crippen LogP contribution is 2.53. The van der Waals surface area contributed by atoms with E-state index in [1.807, 2.05) is 0 Å². The number of ether oxygens (including phenoxy) is 1. The third-order valence-electron chi connectivity index (χ3n) is 4.04. The highest BCUT2D eigenvalue weighted by Gasteiger charge is 2.52. The summed E-state index contributed by atoms with van der Waals surface area (Å²) < 4.78 is 4.63. The van der Waals surface area contributed by atoms with Crippen LogP contribution in [0.15, 0.2) is 0 Å². The molecule has 1 aromatic rings. The molecule has 120 valence electrons. The Bertz CT molecular complexity index is 627. The van der Waals surface area contributed by atoms with Gasteiger partial charge in [0.05, 0.1) is 12.2 Å². The quantitative estimate of drug-likeness (QED) is 0.652. The van der Waals surface area contributed by atoms with Crippen molar-refractivity contribution in [3.05, 3.63) is 16.0 Å². The second-order valence-electron chi connectivity index (χ2n) is 5.86. The van der Waals surface area contributed by atoms with Crippen LogP contribution < -0.4 is 5.32 Å². The number of hydrogen-bond donors (Lipinski definition) is 1. The molecule has 1 heterocycles. The summed E-state index contributed by atoms with van der Waals surface area (Å²) in [5.41, 5.74) is 1.55. The summed E-state index contributed by atoms with van der Waals surface area (Å²) in [6.45, 7) is 1.66. The summed E-state index contributed by atoms with van der Waals surface area (Å²) in [7, 11) is 0. The minimum absolute atomic E-state index is 0.00142. The molecule has 22 heavy (non-hydrogen) atoms. The summed E-state index contributed by atoms with van der Waals surface area (Å²) in [6, 6.07) is 0. The van der Waals surface area contributed by atoms with Gasteiger partial charge in [0.1, 0.15) is 9.33 Å². The van der Waals surface area contributed by atoms with Gasteiger partial charge in [0, 0.05) is 17.7 Å². The van der Waals surface area contributed by atoms with E-state index < -0.39 is 4.33 Å². The van der Waals surface area contributed by atoms with E-state index in [-0.39, 0.29) is 24.4 Å². The number of nitrogens with one attached hydrogen (secondary N) is 1. The number of rotatable bonds is 4. The Kier molecular flexibility index (Phi) is 4.40. The first-order chi connectivity index (χ1) is 10.4. The van der Waals surface area contributed by atoms with E-state index >= 15 is 0 Å². The van der Waals surface area contributed by atoms with Gasteiger partial charge in [0.2, 0.25) is 5.91 Å². The molecule has 1 N–H and O–H groups in total. The van der Waals surface area contributed by atoms with E-state index in [4.69, 9.17) is 27.9 Å². The SMILES string of the molecule is CC(=O)Nc1sc2c(c1C(=O)OC[C@H]1CC1(Cl)Cl)CCCC2. The summed E-state index contributed by atoms with van der Waals surface area (Å²) in [4.78, 5) is 25.0. The Morgan fingerprint density at radius 3 is 2.68 bits per heavy atom. The van der Waals surface area contributed by atoms with E-state index in [2.05, 4.69) is 5.32 Å². The summed E-state index contributed by atoms with van der Waals surface area (Å²) >= 11 is 13.4. The second-order valence-corrected chi connectivity index (χ2v) is 8.50. The van der Waals surface area contributed by atoms with E-state index in [0.29, 0.717) is 17.0 Å². The van der Waals surface area contributed by atoms with Crippen molar-refractivity contribution in [1.82, 2.24) is 0 Å². The minimum Gasteiger partial charge on any atom is -0.462 e. The Balaban J connectivity index is 1.79. The average molecular weight is 362 g/mol. The monoisotopic (exact) mass is 361 g/mol. The number of carbonyl (C=O) groups excluding carboxylic acids is 2. The molecule has 4 nitrogen and oxygen atoms in total. The Hall–Kier alpha value is -0.780. The molecular formula is C15H17Cl2NO3S. The molecule has 0 aliphatic heterocycles. The highest BCUT2D eigenvalue weighted by molar-refractivity contribution is 7.17. The normalized spacial score (nSPS) is 21.9. The Labute approximate surface area is 143 Å². The molecule has 2 aliphatic carbocycles. The first-order valence-corrected chi connectivity index (χ1v) is 8.93. The lowest BCUT2D eigenvalue weighted by Gasteiger charge is -2.12. The van der Waals surface area contributed by atoms with E-state index in [0.717, 1.165) is 31.2 Å². The van der Waals surface area contributed by atoms with Crippen molar-refractivity contribution in [2.45, 2.75) is 43.4 Å². The number of halogens is 2. The molecular weight excluding hydrogens is 345 g/mol. The fraction of sp³-hybridized carbons (Fsp3) is 0.600. The van der Waals surface area contributed by atoms with Gasteiger partial charge in [-0.3, -0.25) is 4.79 Å². The van der Waals surface area contributed by atoms with E-state index in [9.17, 15) is 9.59 Å². The number of amides is 1. The zero-order chi connectivity index (χ0) is 15.9. The molecule has 0 bridgehead atoms. The van der Waals surface area contributed by atoms with Crippen molar-refractivity contribution in [1.29, 1.82) is 0 Å².